The summed E-state index contributed by atoms with van der Waals surface area (Å²) in [6, 6.07) is 2.19. The first-order valence-electron chi connectivity index (χ1n) is 7.65. The van der Waals surface area contributed by atoms with Crippen LogP contribution in [0.5, 0.6) is 0 Å². The second kappa shape index (κ2) is 7.78. The molecule has 7 nitrogen and oxygen atoms in total. The minimum Gasteiger partial charge on any atom is -0.360 e. The number of anilines is 2. The zero-order valence-corrected chi connectivity index (χ0v) is 14.5. The highest BCUT2D eigenvalue weighted by Gasteiger charge is 2.15. The van der Waals surface area contributed by atoms with Crippen molar-refractivity contribution in [3.8, 4) is 0 Å². The lowest BCUT2D eigenvalue weighted by Crippen LogP contribution is -2.21. The van der Waals surface area contributed by atoms with Crippen LogP contribution >= 0.6 is 23.1 Å². The van der Waals surface area contributed by atoms with Gasteiger partial charge in [0.1, 0.15) is 5.76 Å². The van der Waals surface area contributed by atoms with E-state index in [9.17, 15) is 4.79 Å². The van der Waals surface area contributed by atoms with E-state index in [0.29, 0.717) is 17.6 Å². The Morgan fingerprint density at radius 1 is 1.39 bits per heavy atom. The highest BCUT2D eigenvalue weighted by atomic mass is 32.2. The van der Waals surface area contributed by atoms with Gasteiger partial charge in [0.25, 0.3) is 0 Å². The maximum atomic E-state index is 11.8. The van der Waals surface area contributed by atoms with Crippen LogP contribution in [0.25, 0.3) is 0 Å². The van der Waals surface area contributed by atoms with Crippen molar-refractivity contribution in [1.29, 1.82) is 0 Å². The number of rotatable bonds is 6. The molecule has 1 aliphatic carbocycles. The summed E-state index contributed by atoms with van der Waals surface area (Å²) in [5, 5.41) is 19.0. The van der Waals surface area contributed by atoms with Gasteiger partial charge >= 0.3 is 0 Å². The van der Waals surface area contributed by atoms with Crippen LogP contribution in [0.15, 0.2) is 14.9 Å². The molecule has 9 heteroatoms. The van der Waals surface area contributed by atoms with Gasteiger partial charge in [-0.15, -0.1) is 10.2 Å². The molecule has 0 aromatic carbocycles. The number of aryl methyl sites for hydroxylation is 1. The molecular formula is C14H19N5O2S2. The maximum Gasteiger partial charge on any atom is 0.236 e. The van der Waals surface area contributed by atoms with E-state index in [1.165, 1.54) is 55.2 Å². The van der Waals surface area contributed by atoms with Crippen LogP contribution in [-0.4, -0.2) is 33.1 Å². The van der Waals surface area contributed by atoms with E-state index in [-0.39, 0.29) is 11.7 Å². The summed E-state index contributed by atoms with van der Waals surface area (Å²) in [5.74, 6) is 1.23. The van der Waals surface area contributed by atoms with Gasteiger partial charge in [0.2, 0.25) is 11.0 Å². The third kappa shape index (κ3) is 4.93. The second-order valence-corrected chi connectivity index (χ2v) is 7.71. The molecule has 2 aromatic heterocycles. The Labute approximate surface area is 142 Å². The smallest absolute Gasteiger partial charge is 0.236 e. The number of carbonyl (C=O) groups is 1. The first-order valence-corrected chi connectivity index (χ1v) is 9.45. The lowest BCUT2D eigenvalue weighted by molar-refractivity contribution is -0.113. The Hall–Kier alpha value is -1.61. The van der Waals surface area contributed by atoms with Gasteiger partial charge in [-0.05, 0) is 19.8 Å². The highest BCUT2D eigenvalue weighted by molar-refractivity contribution is 8.01. The van der Waals surface area contributed by atoms with Crippen LogP contribution in [0.1, 0.15) is 37.9 Å². The third-order valence-electron chi connectivity index (χ3n) is 3.56. The molecule has 0 bridgehead atoms. The van der Waals surface area contributed by atoms with E-state index >= 15 is 0 Å². The number of thioether (sulfide) groups is 1. The number of carbonyl (C=O) groups excluding carboxylic acids is 1. The minimum atomic E-state index is -0.139. The normalized spacial score (nSPS) is 15.5. The average Bonchev–Trinajstić information content (AvgIpc) is 3.15. The number of hydrogen-bond acceptors (Lipinski definition) is 8. The summed E-state index contributed by atoms with van der Waals surface area (Å²) in [7, 11) is 0. The molecule has 1 amide bonds. The fraction of sp³-hybridized carbons (Fsp3) is 0.571. The van der Waals surface area contributed by atoms with Crippen molar-refractivity contribution < 1.29 is 9.32 Å². The fourth-order valence-corrected chi connectivity index (χ4v) is 4.11. The van der Waals surface area contributed by atoms with Crippen molar-refractivity contribution >= 4 is 40.0 Å². The van der Waals surface area contributed by atoms with Crippen molar-refractivity contribution in [3.63, 3.8) is 0 Å². The first kappa shape index (κ1) is 16.3. The number of hydrogen-bond donors (Lipinski definition) is 2. The second-order valence-electron chi connectivity index (χ2n) is 5.51. The van der Waals surface area contributed by atoms with Gasteiger partial charge in [-0.25, -0.2) is 0 Å². The van der Waals surface area contributed by atoms with Crippen molar-refractivity contribution in [2.75, 3.05) is 16.4 Å². The van der Waals surface area contributed by atoms with Crippen LogP contribution in [0, 0.1) is 6.92 Å². The number of amides is 1. The van der Waals surface area contributed by atoms with Gasteiger partial charge in [-0.2, -0.15) is 0 Å². The van der Waals surface area contributed by atoms with E-state index in [1.54, 1.807) is 13.0 Å². The molecule has 1 aliphatic rings. The molecule has 3 rings (SSSR count). The molecule has 2 aromatic rings. The molecule has 0 spiro atoms. The molecule has 0 unspecified atom stereocenters. The van der Waals surface area contributed by atoms with Crippen LogP contribution < -0.4 is 10.6 Å². The zero-order valence-electron chi connectivity index (χ0n) is 12.9. The van der Waals surface area contributed by atoms with Crippen molar-refractivity contribution in [3.05, 3.63) is 11.8 Å². The Bertz CT molecular complexity index is 651. The van der Waals surface area contributed by atoms with E-state index in [0.717, 1.165) is 9.47 Å². The van der Waals surface area contributed by atoms with Crippen molar-refractivity contribution in [2.24, 2.45) is 0 Å². The van der Waals surface area contributed by atoms with Crippen LogP contribution in [0.3, 0.4) is 0 Å². The average molecular weight is 353 g/mol. The molecule has 23 heavy (non-hydrogen) atoms. The standard InChI is InChI=1S/C14H19N5O2S2/c1-9-7-11(19-21-9)16-12(20)8-22-14-18-17-13(23-14)15-10-5-3-2-4-6-10/h7,10H,2-6,8H2,1H3,(H,15,17)(H,16,19,20). The van der Waals surface area contributed by atoms with Gasteiger partial charge < -0.3 is 15.2 Å². The lowest BCUT2D eigenvalue weighted by atomic mass is 9.96. The summed E-state index contributed by atoms with van der Waals surface area (Å²) in [4.78, 5) is 11.8. The first-order chi connectivity index (χ1) is 11.2. The molecule has 1 fully saturated rings. The molecule has 0 saturated heterocycles. The van der Waals surface area contributed by atoms with Crippen LogP contribution in [0.4, 0.5) is 10.9 Å². The monoisotopic (exact) mass is 353 g/mol. The molecule has 2 heterocycles. The van der Waals surface area contributed by atoms with Gasteiger partial charge in [0.05, 0.1) is 5.75 Å². The summed E-state index contributed by atoms with van der Waals surface area (Å²) in [5.41, 5.74) is 0. The Morgan fingerprint density at radius 3 is 2.96 bits per heavy atom. The Balaban J connectivity index is 1.44. The largest absolute Gasteiger partial charge is 0.360 e. The minimum absolute atomic E-state index is 0.139. The molecule has 0 radical (unpaired) electrons. The maximum absolute atomic E-state index is 11.8. The van der Waals surface area contributed by atoms with Gasteiger partial charge in [0, 0.05) is 12.1 Å². The molecule has 0 atom stereocenters. The van der Waals surface area contributed by atoms with Crippen molar-refractivity contribution in [1.82, 2.24) is 15.4 Å². The predicted molar refractivity (Wildman–Crippen MR) is 91.0 cm³/mol. The van der Waals surface area contributed by atoms with Gasteiger partial charge in [-0.1, -0.05) is 47.5 Å². The molecule has 0 aliphatic heterocycles. The molecule has 1 saturated carbocycles. The summed E-state index contributed by atoms with van der Waals surface area (Å²) >= 11 is 2.87. The Kier molecular flexibility index (Phi) is 5.50. The number of nitrogens with one attached hydrogen (secondary N) is 2. The van der Waals surface area contributed by atoms with E-state index in [4.69, 9.17) is 4.52 Å². The highest BCUT2D eigenvalue weighted by Crippen LogP contribution is 2.28. The van der Waals surface area contributed by atoms with E-state index in [2.05, 4.69) is 26.0 Å². The fourth-order valence-electron chi connectivity index (χ4n) is 2.48. The van der Waals surface area contributed by atoms with E-state index < -0.39 is 0 Å². The number of nitrogens with zero attached hydrogens (tertiary/aromatic N) is 3. The third-order valence-corrected chi connectivity index (χ3v) is 5.55. The van der Waals surface area contributed by atoms with E-state index in [1.807, 2.05) is 0 Å². The van der Waals surface area contributed by atoms with Crippen LogP contribution in [-0.2, 0) is 4.79 Å². The van der Waals surface area contributed by atoms with Gasteiger partial charge in [0.15, 0.2) is 10.2 Å². The van der Waals surface area contributed by atoms with Crippen LogP contribution in [0.2, 0.25) is 0 Å². The summed E-state index contributed by atoms with van der Waals surface area (Å²) in [6.07, 6.45) is 6.28. The molecule has 124 valence electrons. The molecule has 2 N–H and O–H groups in total. The lowest BCUT2D eigenvalue weighted by Gasteiger charge is -2.21. The number of aromatic nitrogens is 3. The Morgan fingerprint density at radius 2 is 2.22 bits per heavy atom. The zero-order chi connectivity index (χ0) is 16.1. The van der Waals surface area contributed by atoms with Gasteiger partial charge in [-0.3, -0.25) is 4.79 Å². The SMILES string of the molecule is Cc1cc(NC(=O)CSc2nnc(NC3CCCCC3)s2)no1. The molecular weight excluding hydrogens is 334 g/mol. The quantitative estimate of drug-likeness (QED) is 0.770. The topological polar surface area (TPSA) is 92.9 Å². The predicted octanol–water partition coefficient (Wildman–Crippen LogP) is 3.31. The summed E-state index contributed by atoms with van der Waals surface area (Å²) in [6.45, 7) is 1.78. The van der Waals surface area contributed by atoms with Crippen molar-refractivity contribution in [2.45, 2.75) is 49.4 Å². The summed E-state index contributed by atoms with van der Waals surface area (Å²) < 4.78 is 5.69.